The maximum atomic E-state index is 12.4. The van der Waals surface area contributed by atoms with Crippen molar-refractivity contribution in [3.05, 3.63) is 69.8 Å². The number of nitro groups is 1. The van der Waals surface area contributed by atoms with E-state index in [1.807, 2.05) is 30.3 Å². The SMILES string of the molecule is C[C@@H]1CCCN(c2ccc(C(=O)NCc3ccccc3)cc2[N+](=O)[O-])C1. The first-order chi connectivity index (χ1) is 12.5. The van der Waals surface area contributed by atoms with E-state index in [1.165, 1.54) is 6.07 Å². The monoisotopic (exact) mass is 353 g/mol. The van der Waals surface area contributed by atoms with Crippen molar-refractivity contribution >= 4 is 17.3 Å². The second-order valence-corrected chi connectivity index (χ2v) is 6.82. The number of carbonyl (C=O) groups excluding carboxylic acids is 1. The standard InChI is InChI=1S/C20H23N3O3/c1-15-6-5-11-22(14-15)18-10-9-17(12-19(18)23(25)26)20(24)21-13-16-7-3-2-4-8-16/h2-4,7-10,12,15H,5-6,11,13-14H2,1H3,(H,21,24)/t15-/m1/s1. The highest BCUT2D eigenvalue weighted by molar-refractivity contribution is 5.95. The maximum absolute atomic E-state index is 12.4. The van der Waals surface area contributed by atoms with Crippen LogP contribution in [0.4, 0.5) is 11.4 Å². The van der Waals surface area contributed by atoms with Crippen molar-refractivity contribution in [3.8, 4) is 0 Å². The summed E-state index contributed by atoms with van der Waals surface area (Å²) in [5.41, 5.74) is 1.88. The smallest absolute Gasteiger partial charge is 0.293 e. The average Bonchev–Trinajstić information content (AvgIpc) is 2.66. The zero-order chi connectivity index (χ0) is 18.5. The van der Waals surface area contributed by atoms with Crippen LogP contribution in [-0.4, -0.2) is 23.9 Å². The summed E-state index contributed by atoms with van der Waals surface area (Å²) in [6, 6.07) is 14.3. The molecule has 1 saturated heterocycles. The van der Waals surface area contributed by atoms with Gasteiger partial charge in [0.1, 0.15) is 5.69 Å². The molecule has 1 fully saturated rings. The summed E-state index contributed by atoms with van der Waals surface area (Å²) in [5.74, 6) is 0.202. The Hall–Kier alpha value is -2.89. The van der Waals surface area contributed by atoms with Crippen molar-refractivity contribution in [1.82, 2.24) is 5.32 Å². The first kappa shape index (κ1) is 17.9. The number of piperidine rings is 1. The van der Waals surface area contributed by atoms with Gasteiger partial charge < -0.3 is 10.2 Å². The molecule has 2 aromatic carbocycles. The van der Waals surface area contributed by atoms with Crippen LogP contribution in [0.25, 0.3) is 0 Å². The van der Waals surface area contributed by atoms with Crippen LogP contribution in [0.15, 0.2) is 48.5 Å². The van der Waals surface area contributed by atoms with Gasteiger partial charge in [0.25, 0.3) is 11.6 Å². The van der Waals surface area contributed by atoms with Crippen molar-refractivity contribution in [2.24, 2.45) is 5.92 Å². The zero-order valence-corrected chi connectivity index (χ0v) is 14.9. The third-order valence-corrected chi connectivity index (χ3v) is 4.73. The quantitative estimate of drug-likeness (QED) is 0.656. The Bertz CT molecular complexity index is 792. The lowest BCUT2D eigenvalue weighted by Gasteiger charge is -2.32. The van der Waals surface area contributed by atoms with E-state index in [9.17, 15) is 14.9 Å². The minimum Gasteiger partial charge on any atom is -0.366 e. The molecule has 0 bridgehead atoms. The van der Waals surface area contributed by atoms with E-state index in [1.54, 1.807) is 12.1 Å². The highest BCUT2D eigenvalue weighted by Gasteiger charge is 2.25. The second-order valence-electron chi connectivity index (χ2n) is 6.82. The molecule has 1 aliphatic rings. The molecule has 0 unspecified atom stereocenters. The molecule has 0 aliphatic carbocycles. The van der Waals surface area contributed by atoms with Crippen LogP contribution in [0, 0.1) is 16.0 Å². The Labute approximate surface area is 153 Å². The number of nitrogens with one attached hydrogen (secondary N) is 1. The summed E-state index contributed by atoms with van der Waals surface area (Å²) in [6.07, 6.45) is 2.17. The Balaban J connectivity index is 1.77. The lowest BCUT2D eigenvalue weighted by Crippen LogP contribution is -2.34. The van der Waals surface area contributed by atoms with Crippen LogP contribution in [0.2, 0.25) is 0 Å². The topological polar surface area (TPSA) is 75.5 Å². The number of nitrogens with zero attached hydrogens (tertiary/aromatic N) is 2. The summed E-state index contributed by atoms with van der Waals surface area (Å²) in [6.45, 7) is 4.16. The van der Waals surface area contributed by atoms with E-state index in [4.69, 9.17) is 0 Å². The van der Waals surface area contributed by atoms with Crippen LogP contribution < -0.4 is 10.2 Å². The molecule has 6 heteroatoms. The summed E-state index contributed by atoms with van der Waals surface area (Å²) >= 11 is 0. The predicted molar refractivity (Wildman–Crippen MR) is 101 cm³/mol. The fourth-order valence-corrected chi connectivity index (χ4v) is 3.37. The van der Waals surface area contributed by atoms with Gasteiger partial charge >= 0.3 is 0 Å². The minimum atomic E-state index is -0.400. The average molecular weight is 353 g/mol. The minimum absolute atomic E-state index is 0.00791. The molecule has 0 aromatic heterocycles. The molecule has 0 saturated carbocycles. The molecule has 3 rings (SSSR count). The molecule has 26 heavy (non-hydrogen) atoms. The van der Waals surface area contributed by atoms with Crippen LogP contribution in [0.1, 0.15) is 35.7 Å². The third kappa shape index (κ3) is 4.20. The van der Waals surface area contributed by atoms with Gasteiger partial charge in [0, 0.05) is 31.3 Å². The number of anilines is 1. The number of hydrogen-bond acceptors (Lipinski definition) is 4. The Kier molecular flexibility index (Phi) is 5.51. The summed E-state index contributed by atoms with van der Waals surface area (Å²) in [4.78, 5) is 25.6. The van der Waals surface area contributed by atoms with Crippen molar-refractivity contribution in [2.75, 3.05) is 18.0 Å². The molecule has 136 valence electrons. The van der Waals surface area contributed by atoms with Crippen molar-refractivity contribution < 1.29 is 9.72 Å². The van der Waals surface area contributed by atoms with Crippen molar-refractivity contribution in [3.63, 3.8) is 0 Å². The molecule has 1 atom stereocenters. The van der Waals surface area contributed by atoms with Gasteiger partial charge in [-0.05, 0) is 36.5 Å². The molecule has 1 aliphatic heterocycles. The predicted octanol–water partition coefficient (Wildman–Crippen LogP) is 3.76. The van der Waals surface area contributed by atoms with E-state index in [0.29, 0.717) is 23.7 Å². The number of nitro benzene ring substituents is 1. The lowest BCUT2D eigenvalue weighted by molar-refractivity contribution is -0.384. The van der Waals surface area contributed by atoms with Gasteiger partial charge in [0.2, 0.25) is 0 Å². The second kappa shape index (κ2) is 7.99. The summed E-state index contributed by atoms with van der Waals surface area (Å²) in [7, 11) is 0. The van der Waals surface area contributed by atoms with Crippen LogP contribution in [0.5, 0.6) is 0 Å². The largest absolute Gasteiger partial charge is 0.366 e. The summed E-state index contributed by atoms with van der Waals surface area (Å²) < 4.78 is 0. The van der Waals surface area contributed by atoms with Gasteiger partial charge in [0.15, 0.2) is 0 Å². The molecule has 1 amide bonds. The van der Waals surface area contributed by atoms with Gasteiger partial charge in [-0.15, -0.1) is 0 Å². The highest BCUT2D eigenvalue weighted by Crippen LogP contribution is 2.32. The van der Waals surface area contributed by atoms with Gasteiger partial charge in [-0.1, -0.05) is 37.3 Å². The Morgan fingerprint density at radius 2 is 2.04 bits per heavy atom. The normalized spacial score (nSPS) is 17.0. The Morgan fingerprint density at radius 1 is 1.27 bits per heavy atom. The van der Waals surface area contributed by atoms with E-state index in [2.05, 4.69) is 17.1 Å². The number of hydrogen-bond donors (Lipinski definition) is 1. The Morgan fingerprint density at radius 3 is 2.73 bits per heavy atom. The third-order valence-electron chi connectivity index (χ3n) is 4.73. The fraction of sp³-hybridized carbons (Fsp3) is 0.350. The number of carbonyl (C=O) groups is 1. The van der Waals surface area contributed by atoms with Crippen LogP contribution in [0.3, 0.4) is 0 Å². The molecular formula is C20H23N3O3. The maximum Gasteiger partial charge on any atom is 0.293 e. The van der Waals surface area contributed by atoms with Crippen LogP contribution in [-0.2, 0) is 6.54 Å². The first-order valence-corrected chi connectivity index (χ1v) is 8.90. The lowest BCUT2D eigenvalue weighted by atomic mass is 9.99. The van der Waals surface area contributed by atoms with Crippen molar-refractivity contribution in [2.45, 2.75) is 26.3 Å². The molecule has 2 aromatic rings. The molecule has 6 nitrogen and oxygen atoms in total. The number of benzene rings is 2. The summed E-state index contributed by atoms with van der Waals surface area (Å²) in [5, 5.41) is 14.4. The van der Waals surface area contributed by atoms with E-state index in [-0.39, 0.29) is 11.6 Å². The first-order valence-electron chi connectivity index (χ1n) is 8.90. The zero-order valence-electron chi connectivity index (χ0n) is 14.9. The van der Waals surface area contributed by atoms with E-state index < -0.39 is 4.92 Å². The van der Waals surface area contributed by atoms with Crippen LogP contribution >= 0.6 is 0 Å². The van der Waals surface area contributed by atoms with Gasteiger partial charge in [0.05, 0.1) is 4.92 Å². The fourth-order valence-electron chi connectivity index (χ4n) is 3.37. The van der Waals surface area contributed by atoms with E-state index >= 15 is 0 Å². The van der Waals surface area contributed by atoms with E-state index in [0.717, 1.165) is 31.5 Å². The van der Waals surface area contributed by atoms with Gasteiger partial charge in [-0.2, -0.15) is 0 Å². The molecule has 0 radical (unpaired) electrons. The van der Waals surface area contributed by atoms with Crippen molar-refractivity contribution in [1.29, 1.82) is 0 Å². The molecule has 1 N–H and O–H groups in total. The molecule has 0 spiro atoms. The molecular weight excluding hydrogens is 330 g/mol. The molecule has 1 heterocycles. The van der Waals surface area contributed by atoms with Gasteiger partial charge in [-0.3, -0.25) is 14.9 Å². The number of rotatable bonds is 5. The van der Waals surface area contributed by atoms with Gasteiger partial charge in [-0.25, -0.2) is 0 Å². The highest BCUT2D eigenvalue weighted by atomic mass is 16.6. The number of amides is 1.